The quantitative estimate of drug-likeness (QED) is 0.823. The fourth-order valence-corrected chi connectivity index (χ4v) is 2.83. The summed E-state index contributed by atoms with van der Waals surface area (Å²) in [6, 6.07) is 5.30. The number of aromatic nitrogens is 2. The Kier molecular flexibility index (Phi) is 5.35. The van der Waals surface area contributed by atoms with Crippen LogP contribution in [0.5, 0.6) is 0 Å². The second kappa shape index (κ2) is 7.85. The number of hydrogen-bond donors (Lipinski definition) is 1. The lowest BCUT2D eigenvalue weighted by atomic mass is 9.95. The van der Waals surface area contributed by atoms with Gasteiger partial charge in [-0.05, 0) is 30.2 Å². The second-order valence-corrected chi connectivity index (χ2v) is 5.89. The average Bonchev–Trinajstić information content (AvgIpc) is 3.08. The van der Waals surface area contributed by atoms with Crippen LogP contribution in [0.4, 0.5) is 0 Å². The van der Waals surface area contributed by atoms with Crippen LogP contribution in [-0.4, -0.2) is 48.2 Å². The maximum absolute atomic E-state index is 12.5. The third-order valence-corrected chi connectivity index (χ3v) is 4.18. The molecule has 0 saturated carbocycles. The van der Waals surface area contributed by atoms with Gasteiger partial charge >= 0.3 is 5.97 Å². The van der Waals surface area contributed by atoms with Crippen LogP contribution in [0, 0.1) is 5.92 Å². The van der Waals surface area contributed by atoms with E-state index in [9.17, 15) is 9.59 Å². The highest BCUT2D eigenvalue weighted by molar-refractivity contribution is 5.97. The lowest BCUT2D eigenvalue weighted by molar-refractivity contribution is 0.0600. The maximum Gasteiger partial charge on any atom is 0.339 e. The van der Waals surface area contributed by atoms with Gasteiger partial charge in [-0.1, -0.05) is 0 Å². The molecule has 0 aliphatic carbocycles. The van der Waals surface area contributed by atoms with E-state index in [0.717, 1.165) is 12.0 Å². The molecule has 3 heterocycles. The zero-order valence-corrected chi connectivity index (χ0v) is 13.8. The van der Waals surface area contributed by atoms with Crippen LogP contribution in [0.3, 0.4) is 0 Å². The Labute approximate surface area is 145 Å². The molecule has 7 heteroatoms. The smallest absolute Gasteiger partial charge is 0.339 e. The highest BCUT2D eigenvalue weighted by Gasteiger charge is 2.30. The van der Waals surface area contributed by atoms with Crippen molar-refractivity contribution < 1.29 is 19.1 Å². The first kappa shape index (κ1) is 17.0. The van der Waals surface area contributed by atoms with Crippen LogP contribution in [0.25, 0.3) is 0 Å². The average molecular weight is 341 g/mol. The van der Waals surface area contributed by atoms with Gasteiger partial charge in [0.25, 0.3) is 5.91 Å². The molecule has 1 aliphatic heterocycles. The zero-order valence-electron chi connectivity index (χ0n) is 13.8. The highest BCUT2D eigenvalue weighted by Crippen LogP contribution is 2.19. The van der Waals surface area contributed by atoms with Gasteiger partial charge in [-0.3, -0.25) is 14.8 Å². The number of hydrogen-bond acceptors (Lipinski definition) is 6. The van der Waals surface area contributed by atoms with Crippen LogP contribution in [0.1, 0.15) is 26.3 Å². The number of nitrogens with one attached hydrogen (secondary N) is 1. The summed E-state index contributed by atoms with van der Waals surface area (Å²) in [4.78, 5) is 32.0. The van der Waals surface area contributed by atoms with Gasteiger partial charge < -0.3 is 14.8 Å². The lowest BCUT2D eigenvalue weighted by Crippen LogP contribution is -2.40. The van der Waals surface area contributed by atoms with E-state index in [1.54, 1.807) is 12.4 Å². The Morgan fingerprint density at radius 3 is 2.72 bits per heavy atom. The Bertz CT molecular complexity index is 751. The largest absolute Gasteiger partial charge is 0.465 e. The van der Waals surface area contributed by atoms with Crippen molar-refractivity contribution in [2.24, 2.45) is 5.92 Å². The number of carbonyl (C=O) groups excluding carboxylic acids is 2. The molecule has 1 fully saturated rings. The summed E-state index contributed by atoms with van der Waals surface area (Å²) in [6.45, 7) is 1.05. The van der Waals surface area contributed by atoms with Gasteiger partial charge in [0.2, 0.25) is 0 Å². The number of methoxy groups -OCH3 is 1. The van der Waals surface area contributed by atoms with Crippen molar-refractivity contribution in [3.05, 3.63) is 59.7 Å². The molecule has 3 rings (SSSR count). The van der Waals surface area contributed by atoms with E-state index in [1.807, 2.05) is 12.1 Å². The second-order valence-electron chi connectivity index (χ2n) is 5.89. The first-order valence-corrected chi connectivity index (χ1v) is 7.98. The van der Waals surface area contributed by atoms with Crippen molar-refractivity contribution in [2.75, 3.05) is 20.3 Å². The molecule has 130 valence electrons. The first-order chi connectivity index (χ1) is 12.2. The summed E-state index contributed by atoms with van der Waals surface area (Å²) in [5.74, 6) is -0.626. The fraction of sp³-hybridized carbons (Fsp3) is 0.333. The number of ether oxygens (including phenoxy) is 2. The lowest BCUT2D eigenvalue weighted by Gasteiger charge is -2.19. The number of pyridine rings is 2. The molecule has 1 saturated heterocycles. The molecule has 0 radical (unpaired) electrons. The molecule has 0 spiro atoms. The summed E-state index contributed by atoms with van der Waals surface area (Å²) in [7, 11) is 1.29. The molecular weight excluding hydrogens is 322 g/mol. The van der Waals surface area contributed by atoms with Crippen LogP contribution < -0.4 is 5.32 Å². The molecule has 2 atom stereocenters. The third kappa shape index (κ3) is 4.19. The van der Waals surface area contributed by atoms with Gasteiger partial charge in [0.15, 0.2) is 0 Å². The van der Waals surface area contributed by atoms with Crippen molar-refractivity contribution in [1.29, 1.82) is 0 Å². The topological polar surface area (TPSA) is 90.4 Å². The predicted octanol–water partition coefficient (Wildman–Crippen LogP) is 1.25. The summed E-state index contributed by atoms with van der Waals surface area (Å²) in [5, 5.41) is 2.98. The molecule has 25 heavy (non-hydrogen) atoms. The van der Waals surface area contributed by atoms with Crippen molar-refractivity contribution in [2.45, 2.75) is 12.5 Å². The number of esters is 1. The molecule has 0 aromatic carbocycles. The summed E-state index contributed by atoms with van der Waals surface area (Å²) in [6.07, 6.45) is 7.10. The van der Waals surface area contributed by atoms with Gasteiger partial charge in [-0.2, -0.15) is 0 Å². The molecular formula is C18H19N3O4. The molecule has 1 N–H and O–H groups in total. The Morgan fingerprint density at radius 1 is 1.20 bits per heavy atom. The molecule has 2 aromatic heterocycles. The first-order valence-electron chi connectivity index (χ1n) is 7.98. The van der Waals surface area contributed by atoms with Crippen molar-refractivity contribution in [1.82, 2.24) is 15.3 Å². The standard InChI is InChI=1S/C18H19N3O4/c1-24-18(23)14-7-13(8-20-9-14)17(22)21-16-11-25-10-15(16)6-12-2-4-19-5-3-12/h2-5,7-9,15-16H,6,10-11H2,1H3,(H,21,22)/t15-,16+/m1/s1. The van der Waals surface area contributed by atoms with E-state index < -0.39 is 5.97 Å². The molecule has 0 bridgehead atoms. The fourth-order valence-electron chi connectivity index (χ4n) is 2.83. The number of amides is 1. The van der Waals surface area contributed by atoms with Crippen molar-refractivity contribution in [3.63, 3.8) is 0 Å². The molecule has 7 nitrogen and oxygen atoms in total. The Balaban J connectivity index is 1.66. The highest BCUT2D eigenvalue weighted by atomic mass is 16.5. The third-order valence-electron chi connectivity index (χ3n) is 4.18. The summed E-state index contributed by atoms with van der Waals surface area (Å²) >= 11 is 0. The normalized spacial score (nSPS) is 19.4. The molecule has 0 unspecified atom stereocenters. The van der Waals surface area contributed by atoms with Crippen LogP contribution in [0.2, 0.25) is 0 Å². The minimum Gasteiger partial charge on any atom is -0.465 e. The Hall–Kier alpha value is -2.80. The van der Waals surface area contributed by atoms with Gasteiger partial charge in [-0.25, -0.2) is 4.79 Å². The van der Waals surface area contributed by atoms with E-state index in [2.05, 4.69) is 20.0 Å². The number of rotatable bonds is 5. The molecule has 2 aromatic rings. The predicted molar refractivity (Wildman–Crippen MR) is 89.1 cm³/mol. The maximum atomic E-state index is 12.5. The zero-order chi connectivity index (χ0) is 17.6. The van der Waals surface area contributed by atoms with E-state index >= 15 is 0 Å². The van der Waals surface area contributed by atoms with Gasteiger partial charge in [0.05, 0.1) is 37.5 Å². The van der Waals surface area contributed by atoms with E-state index in [1.165, 1.54) is 25.6 Å². The number of carbonyl (C=O) groups is 2. The van der Waals surface area contributed by atoms with Crippen LogP contribution in [-0.2, 0) is 15.9 Å². The monoisotopic (exact) mass is 341 g/mol. The van der Waals surface area contributed by atoms with Crippen molar-refractivity contribution in [3.8, 4) is 0 Å². The van der Waals surface area contributed by atoms with Gasteiger partial charge in [0.1, 0.15) is 0 Å². The SMILES string of the molecule is COC(=O)c1cncc(C(=O)N[C@H]2COC[C@H]2Cc2ccncc2)c1. The van der Waals surface area contributed by atoms with Gasteiger partial charge in [-0.15, -0.1) is 0 Å². The van der Waals surface area contributed by atoms with Crippen LogP contribution in [0.15, 0.2) is 43.0 Å². The Morgan fingerprint density at radius 2 is 1.96 bits per heavy atom. The van der Waals surface area contributed by atoms with Crippen molar-refractivity contribution >= 4 is 11.9 Å². The minimum atomic E-state index is -0.526. The molecule has 1 aliphatic rings. The summed E-state index contributed by atoms with van der Waals surface area (Å²) in [5.41, 5.74) is 1.71. The van der Waals surface area contributed by atoms with Gasteiger partial charge in [0, 0.05) is 30.7 Å². The van der Waals surface area contributed by atoms with E-state index in [-0.39, 0.29) is 23.4 Å². The van der Waals surface area contributed by atoms with E-state index in [0.29, 0.717) is 18.8 Å². The van der Waals surface area contributed by atoms with Crippen LogP contribution >= 0.6 is 0 Å². The minimum absolute atomic E-state index is 0.0950. The number of nitrogens with zero attached hydrogens (tertiary/aromatic N) is 2. The molecule has 1 amide bonds. The summed E-state index contributed by atoms with van der Waals surface area (Å²) < 4.78 is 10.2. The van der Waals surface area contributed by atoms with E-state index in [4.69, 9.17) is 4.74 Å².